The lowest BCUT2D eigenvalue weighted by atomic mass is 10.0. The molecule has 3 atom stereocenters. The first-order chi connectivity index (χ1) is 17.4. The Labute approximate surface area is 207 Å². The minimum absolute atomic E-state index is 0.219. The number of H-pyrrole nitrogens is 2. The van der Waals surface area contributed by atoms with Crippen molar-refractivity contribution in [2.24, 2.45) is 5.73 Å². The van der Waals surface area contributed by atoms with Gasteiger partial charge in [0.2, 0.25) is 11.8 Å². The summed E-state index contributed by atoms with van der Waals surface area (Å²) in [5.74, 6) is -1.89. The molecule has 2 aromatic heterocycles. The fraction of sp³-hybridized carbons (Fsp3) is 0.296. The van der Waals surface area contributed by atoms with E-state index in [0.29, 0.717) is 25.8 Å². The number of carbonyl (C=O) groups is 3. The van der Waals surface area contributed by atoms with Gasteiger partial charge in [0, 0.05) is 47.2 Å². The summed E-state index contributed by atoms with van der Waals surface area (Å²) in [5.41, 5.74) is 9.95. The number of benzene rings is 2. The van der Waals surface area contributed by atoms with E-state index in [4.69, 9.17) is 5.73 Å². The van der Waals surface area contributed by atoms with Crippen molar-refractivity contribution in [1.82, 2.24) is 20.2 Å². The highest BCUT2D eigenvalue weighted by atomic mass is 16.4. The lowest BCUT2D eigenvalue weighted by molar-refractivity contribution is -0.149. The molecule has 5 rings (SSSR count). The third kappa shape index (κ3) is 4.57. The maximum absolute atomic E-state index is 13.6. The molecule has 2 aromatic carbocycles. The number of para-hydroxylation sites is 2. The van der Waals surface area contributed by atoms with Crippen LogP contribution in [-0.2, 0) is 27.2 Å². The van der Waals surface area contributed by atoms with Crippen LogP contribution in [0.1, 0.15) is 24.0 Å². The van der Waals surface area contributed by atoms with Crippen molar-refractivity contribution in [3.63, 3.8) is 0 Å². The Morgan fingerprint density at radius 2 is 1.56 bits per heavy atom. The average molecular weight is 488 g/mol. The van der Waals surface area contributed by atoms with Crippen LogP contribution < -0.4 is 11.1 Å². The molecule has 0 radical (unpaired) electrons. The second kappa shape index (κ2) is 9.87. The van der Waals surface area contributed by atoms with Crippen LogP contribution >= 0.6 is 0 Å². The van der Waals surface area contributed by atoms with Crippen molar-refractivity contribution >= 4 is 39.6 Å². The fourth-order valence-electron chi connectivity index (χ4n) is 5.12. The molecule has 9 nitrogen and oxygen atoms in total. The molecule has 0 bridgehead atoms. The molecule has 4 aromatic rings. The van der Waals surface area contributed by atoms with Crippen LogP contribution in [0.4, 0.5) is 0 Å². The number of amides is 2. The second-order valence-electron chi connectivity index (χ2n) is 9.32. The van der Waals surface area contributed by atoms with E-state index in [-0.39, 0.29) is 6.42 Å². The zero-order valence-corrected chi connectivity index (χ0v) is 19.7. The van der Waals surface area contributed by atoms with E-state index in [2.05, 4.69) is 15.3 Å². The minimum Gasteiger partial charge on any atom is -0.480 e. The van der Waals surface area contributed by atoms with Gasteiger partial charge in [0.1, 0.15) is 12.1 Å². The number of hydrogen-bond donors (Lipinski definition) is 5. The number of nitrogens with two attached hydrogens (primary N) is 1. The number of aromatic nitrogens is 2. The molecule has 3 unspecified atom stereocenters. The number of nitrogens with zero attached hydrogens (tertiary/aromatic N) is 1. The molecule has 1 aliphatic heterocycles. The first kappa shape index (κ1) is 23.6. The summed E-state index contributed by atoms with van der Waals surface area (Å²) in [6.45, 7) is 0.345. The van der Waals surface area contributed by atoms with Crippen molar-refractivity contribution in [3.8, 4) is 0 Å². The van der Waals surface area contributed by atoms with Gasteiger partial charge in [0.25, 0.3) is 0 Å². The zero-order valence-electron chi connectivity index (χ0n) is 19.7. The summed E-state index contributed by atoms with van der Waals surface area (Å²) >= 11 is 0. The molecule has 3 heterocycles. The van der Waals surface area contributed by atoms with Crippen molar-refractivity contribution in [3.05, 3.63) is 72.1 Å². The summed E-state index contributed by atoms with van der Waals surface area (Å²) in [6, 6.07) is 12.8. The van der Waals surface area contributed by atoms with Crippen molar-refractivity contribution in [2.45, 2.75) is 43.8 Å². The number of aliphatic carboxylic acids is 1. The molecule has 0 saturated carbocycles. The zero-order chi connectivity index (χ0) is 25.2. The molecular formula is C27H29N5O4. The van der Waals surface area contributed by atoms with Gasteiger partial charge in [-0.2, -0.15) is 0 Å². The molecule has 1 fully saturated rings. The Kier molecular flexibility index (Phi) is 6.47. The largest absolute Gasteiger partial charge is 0.480 e. The second-order valence-corrected chi connectivity index (χ2v) is 9.32. The molecule has 36 heavy (non-hydrogen) atoms. The van der Waals surface area contributed by atoms with Gasteiger partial charge in [-0.25, -0.2) is 4.79 Å². The Morgan fingerprint density at radius 3 is 2.17 bits per heavy atom. The lowest BCUT2D eigenvalue weighted by Gasteiger charge is -2.28. The predicted octanol–water partition coefficient (Wildman–Crippen LogP) is 2.32. The molecule has 6 N–H and O–H groups in total. The molecule has 1 aliphatic rings. The Bertz CT molecular complexity index is 1420. The van der Waals surface area contributed by atoms with E-state index in [1.807, 2.05) is 60.9 Å². The van der Waals surface area contributed by atoms with Gasteiger partial charge in [-0.05, 0) is 42.5 Å². The highest BCUT2D eigenvalue weighted by Crippen LogP contribution is 2.23. The van der Waals surface area contributed by atoms with Gasteiger partial charge in [-0.1, -0.05) is 36.4 Å². The standard InChI is InChI=1S/C27H29N5O4/c28-20(12-16-14-29-21-8-3-1-6-18(16)21)25(33)31-23(26(34)32-11-5-10-24(32)27(35)36)13-17-15-30-22-9-4-2-7-19(17)22/h1-4,6-9,14-15,20,23-24,29-30H,5,10-13,28H2,(H,31,33)(H,35,36). The van der Waals surface area contributed by atoms with Crippen LogP contribution in [0, 0.1) is 0 Å². The summed E-state index contributed by atoms with van der Waals surface area (Å²) in [7, 11) is 0. The number of carboxylic acids is 1. The Balaban J connectivity index is 1.37. The minimum atomic E-state index is -1.03. The van der Waals surface area contributed by atoms with Crippen molar-refractivity contribution < 1.29 is 19.5 Å². The third-order valence-corrected chi connectivity index (χ3v) is 6.99. The van der Waals surface area contributed by atoms with Gasteiger partial charge >= 0.3 is 5.97 Å². The quantitative estimate of drug-likeness (QED) is 0.259. The van der Waals surface area contributed by atoms with E-state index in [1.165, 1.54) is 4.90 Å². The maximum Gasteiger partial charge on any atom is 0.326 e. The van der Waals surface area contributed by atoms with Crippen LogP contribution in [0.3, 0.4) is 0 Å². The number of likely N-dealkylation sites (tertiary alicyclic amines) is 1. The molecule has 2 amide bonds. The summed E-state index contributed by atoms with van der Waals surface area (Å²) in [4.78, 5) is 46.2. The normalized spacial score (nSPS) is 17.4. The van der Waals surface area contributed by atoms with E-state index in [1.54, 1.807) is 0 Å². The van der Waals surface area contributed by atoms with Crippen LogP contribution in [0.5, 0.6) is 0 Å². The molecular weight excluding hydrogens is 458 g/mol. The molecule has 9 heteroatoms. The first-order valence-corrected chi connectivity index (χ1v) is 12.1. The average Bonchev–Trinajstić information content (AvgIpc) is 3.62. The molecule has 0 spiro atoms. The smallest absolute Gasteiger partial charge is 0.326 e. The van der Waals surface area contributed by atoms with Gasteiger partial charge in [-0.15, -0.1) is 0 Å². The highest BCUT2D eigenvalue weighted by Gasteiger charge is 2.38. The van der Waals surface area contributed by atoms with Crippen LogP contribution in [0.2, 0.25) is 0 Å². The Hall–Kier alpha value is -4.11. The lowest BCUT2D eigenvalue weighted by Crippen LogP contribution is -2.55. The van der Waals surface area contributed by atoms with Crippen LogP contribution in [0.15, 0.2) is 60.9 Å². The van der Waals surface area contributed by atoms with Gasteiger partial charge in [0.15, 0.2) is 0 Å². The van der Waals surface area contributed by atoms with E-state index in [9.17, 15) is 19.5 Å². The highest BCUT2D eigenvalue weighted by molar-refractivity contribution is 5.93. The van der Waals surface area contributed by atoms with Gasteiger partial charge in [-0.3, -0.25) is 9.59 Å². The van der Waals surface area contributed by atoms with Gasteiger partial charge in [0.05, 0.1) is 6.04 Å². The number of aromatic amines is 2. The summed E-state index contributed by atoms with van der Waals surface area (Å²) < 4.78 is 0. The van der Waals surface area contributed by atoms with Gasteiger partial charge < -0.3 is 31.0 Å². The first-order valence-electron chi connectivity index (χ1n) is 12.1. The third-order valence-electron chi connectivity index (χ3n) is 6.99. The maximum atomic E-state index is 13.6. The number of rotatable bonds is 8. The Morgan fingerprint density at radius 1 is 0.972 bits per heavy atom. The number of hydrogen-bond acceptors (Lipinski definition) is 4. The van der Waals surface area contributed by atoms with Crippen molar-refractivity contribution in [1.29, 1.82) is 0 Å². The fourth-order valence-corrected chi connectivity index (χ4v) is 5.12. The van der Waals surface area contributed by atoms with Crippen LogP contribution in [-0.4, -0.2) is 62.4 Å². The molecule has 186 valence electrons. The molecule has 0 aliphatic carbocycles. The number of carboxylic acid groups (broad SMARTS) is 1. The van der Waals surface area contributed by atoms with E-state index in [0.717, 1.165) is 32.9 Å². The monoisotopic (exact) mass is 487 g/mol. The van der Waals surface area contributed by atoms with E-state index >= 15 is 0 Å². The number of fused-ring (bicyclic) bond motifs is 2. The predicted molar refractivity (Wildman–Crippen MR) is 136 cm³/mol. The van der Waals surface area contributed by atoms with Crippen LogP contribution in [0.25, 0.3) is 21.8 Å². The van der Waals surface area contributed by atoms with Crippen molar-refractivity contribution in [2.75, 3.05) is 6.54 Å². The molecule has 1 saturated heterocycles. The number of carbonyl (C=O) groups excluding carboxylic acids is 2. The SMILES string of the molecule is NC(Cc1c[nH]c2ccccc12)C(=O)NC(Cc1c[nH]c2ccccc12)C(=O)N1CCCC1C(=O)O. The summed E-state index contributed by atoms with van der Waals surface area (Å²) in [5, 5.41) is 14.4. The topological polar surface area (TPSA) is 144 Å². The van der Waals surface area contributed by atoms with E-state index < -0.39 is 35.9 Å². The summed E-state index contributed by atoms with van der Waals surface area (Å²) in [6.07, 6.45) is 5.18. The number of nitrogens with one attached hydrogen (secondary N) is 3.